The van der Waals surface area contributed by atoms with Crippen LogP contribution in [-0.4, -0.2) is 21.0 Å². The first kappa shape index (κ1) is 33.9. The summed E-state index contributed by atoms with van der Waals surface area (Å²) in [7, 11) is 0. The number of carboxylic acids is 1. The van der Waals surface area contributed by atoms with Gasteiger partial charge in [-0.05, 0) is 83.3 Å². The van der Waals surface area contributed by atoms with Crippen LogP contribution in [0.1, 0.15) is 57.7 Å². The van der Waals surface area contributed by atoms with E-state index in [-0.39, 0.29) is 31.2 Å². The number of pyridine rings is 2. The minimum atomic E-state index is -0.993. The molecule has 1 aliphatic rings. The van der Waals surface area contributed by atoms with Gasteiger partial charge in [-0.2, -0.15) is 0 Å². The fourth-order valence-corrected chi connectivity index (χ4v) is 7.01. The summed E-state index contributed by atoms with van der Waals surface area (Å²) in [6.45, 7) is 13.0. The van der Waals surface area contributed by atoms with Crippen molar-refractivity contribution in [2.75, 3.05) is 0 Å². The number of nitrogens with zero attached hydrogens (tertiary/aromatic N) is 2. The molecule has 0 amide bonds. The Morgan fingerprint density at radius 2 is 1.43 bits per heavy atom. The number of benzene rings is 5. The van der Waals surface area contributed by atoms with Gasteiger partial charge in [-0.25, -0.2) is 9.78 Å². The molecule has 7 aromatic rings. The zero-order valence-electron chi connectivity index (χ0n) is 28.5. The number of aromatic nitrogens is 2. The maximum atomic E-state index is 10.6. The van der Waals surface area contributed by atoms with E-state index in [2.05, 4.69) is 125 Å². The first-order valence-electron chi connectivity index (χ1n) is 16.3. The minimum absolute atomic E-state index is 0. The fourth-order valence-electron chi connectivity index (χ4n) is 7.01. The van der Waals surface area contributed by atoms with E-state index in [1.807, 2.05) is 25.1 Å². The quantitative estimate of drug-likeness (QED) is 0.180. The number of carbonyl (C=O) groups is 1. The van der Waals surface area contributed by atoms with E-state index in [9.17, 15) is 4.79 Å². The third-order valence-corrected chi connectivity index (χ3v) is 9.33. The molecule has 2 aromatic heterocycles. The molecule has 245 valence electrons. The molecule has 0 fully saturated rings. The van der Waals surface area contributed by atoms with Crippen LogP contribution in [0.3, 0.4) is 0 Å². The Labute approximate surface area is 301 Å². The van der Waals surface area contributed by atoms with Gasteiger partial charge in [-0.1, -0.05) is 106 Å². The zero-order valence-corrected chi connectivity index (χ0v) is 30.9. The predicted molar refractivity (Wildman–Crippen MR) is 197 cm³/mol. The normalized spacial score (nSPS) is 12.4. The molecule has 0 atom stereocenters. The monoisotopic (exact) mass is 818 g/mol. The summed E-state index contributed by atoms with van der Waals surface area (Å²) in [5.74, 6) is -0.993. The van der Waals surface area contributed by atoms with Gasteiger partial charge in [0.15, 0.2) is 0 Å². The van der Waals surface area contributed by atoms with Crippen molar-refractivity contribution in [2.45, 2.75) is 47.0 Å². The van der Waals surface area contributed by atoms with Crippen LogP contribution in [0.4, 0.5) is 0 Å². The minimum Gasteiger partial charge on any atom is -0.477 e. The van der Waals surface area contributed by atoms with Crippen molar-refractivity contribution in [3.8, 4) is 33.5 Å². The SMILES string of the molecule is Cc1[c-]c(-c2cc(-c3cccc(C)c3)c3cc4c(cc3n2)C(C)(C)c2ccccc2-4)cc(C)c1.Cc1ccc2nc(C(=O)O)ccc2c1.[Ir]. The van der Waals surface area contributed by atoms with Gasteiger partial charge in [-0.3, -0.25) is 4.98 Å². The molecule has 0 saturated heterocycles. The molecule has 8 rings (SSSR count). The van der Waals surface area contributed by atoms with E-state index in [1.165, 1.54) is 56.0 Å². The molecule has 1 aliphatic carbocycles. The Balaban J connectivity index is 0.000000234. The average Bonchev–Trinajstić information content (AvgIpc) is 3.28. The van der Waals surface area contributed by atoms with E-state index in [4.69, 9.17) is 10.1 Å². The summed E-state index contributed by atoms with van der Waals surface area (Å²) >= 11 is 0. The molecule has 5 heteroatoms. The average molecular weight is 818 g/mol. The van der Waals surface area contributed by atoms with Crippen LogP contribution in [-0.2, 0) is 25.5 Å². The van der Waals surface area contributed by atoms with Gasteiger partial charge < -0.3 is 5.11 Å². The van der Waals surface area contributed by atoms with Crippen LogP contribution in [0.2, 0.25) is 0 Å². The van der Waals surface area contributed by atoms with Gasteiger partial charge in [0.1, 0.15) is 5.69 Å². The second-order valence-corrected chi connectivity index (χ2v) is 13.5. The third kappa shape index (κ3) is 6.45. The number of hydrogen-bond donors (Lipinski definition) is 1. The first-order valence-corrected chi connectivity index (χ1v) is 16.3. The molecule has 0 spiro atoms. The molecule has 0 saturated carbocycles. The number of aryl methyl sites for hydroxylation is 4. The van der Waals surface area contributed by atoms with Gasteiger partial charge in [0.2, 0.25) is 0 Å². The van der Waals surface area contributed by atoms with Crippen molar-refractivity contribution in [1.82, 2.24) is 9.97 Å². The Bertz CT molecular complexity index is 2390. The number of aromatic carboxylic acids is 1. The van der Waals surface area contributed by atoms with Gasteiger partial charge in [0, 0.05) is 36.3 Å². The molecule has 0 aliphatic heterocycles. The topological polar surface area (TPSA) is 63.1 Å². The summed E-state index contributed by atoms with van der Waals surface area (Å²) < 4.78 is 0. The maximum absolute atomic E-state index is 10.6. The largest absolute Gasteiger partial charge is 0.477 e. The van der Waals surface area contributed by atoms with E-state index < -0.39 is 5.97 Å². The van der Waals surface area contributed by atoms with Crippen molar-refractivity contribution in [1.29, 1.82) is 0 Å². The van der Waals surface area contributed by atoms with Crippen LogP contribution in [0.5, 0.6) is 0 Å². The number of carboxylic acid groups (broad SMARTS) is 1. The summed E-state index contributed by atoms with van der Waals surface area (Å²) in [5, 5.41) is 10.9. The Hall–Kier alpha value is -4.96. The molecule has 2 heterocycles. The Kier molecular flexibility index (Phi) is 9.11. The number of fused-ring (bicyclic) bond motifs is 5. The zero-order chi connectivity index (χ0) is 33.7. The molecule has 5 aromatic carbocycles. The molecule has 1 radical (unpaired) electrons. The summed E-state index contributed by atoms with van der Waals surface area (Å²) in [5.41, 5.74) is 16.5. The van der Waals surface area contributed by atoms with Crippen LogP contribution < -0.4 is 0 Å². The molecule has 49 heavy (non-hydrogen) atoms. The molecular weight excluding hydrogens is 781 g/mol. The van der Waals surface area contributed by atoms with Gasteiger partial charge >= 0.3 is 5.97 Å². The van der Waals surface area contributed by atoms with E-state index in [1.54, 1.807) is 6.07 Å². The van der Waals surface area contributed by atoms with Gasteiger partial charge in [-0.15, -0.1) is 34.9 Å². The smallest absolute Gasteiger partial charge is 0.354 e. The van der Waals surface area contributed by atoms with Crippen molar-refractivity contribution < 1.29 is 30.0 Å². The van der Waals surface area contributed by atoms with Crippen LogP contribution in [0, 0.1) is 33.8 Å². The summed E-state index contributed by atoms with van der Waals surface area (Å²) in [4.78, 5) is 19.9. The Morgan fingerprint density at radius 3 is 2.18 bits per heavy atom. The van der Waals surface area contributed by atoms with Crippen molar-refractivity contribution in [3.05, 3.63) is 154 Å². The van der Waals surface area contributed by atoms with Crippen LogP contribution in [0.25, 0.3) is 55.3 Å². The van der Waals surface area contributed by atoms with Crippen molar-refractivity contribution in [3.63, 3.8) is 0 Å². The Morgan fingerprint density at radius 1 is 0.653 bits per heavy atom. The van der Waals surface area contributed by atoms with Gasteiger partial charge in [0.05, 0.1) is 11.0 Å². The number of rotatable bonds is 3. The molecule has 0 bridgehead atoms. The van der Waals surface area contributed by atoms with Crippen LogP contribution in [0.15, 0.2) is 109 Å². The molecule has 1 N–H and O–H groups in total. The fraction of sp³-hybridized carbons (Fsp3) is 0.159. The molecule has 4 nitrogen and oxygen atoms in total. The van der Waals surface area contributed by atoms with Gasteiger partial charge in [0.25, 0.3) is 0 Å². The summed E-state index contributed by atoms with van der Waals surface area (Å²) in [6.07, 6.45) is 0. The molecule has 0 unspecified atom stereocenters. The predicted octanol–water partition coefficient (Wildman–Crippen LogP) is 10.8. The summed E-state index contributed by atoms with van der Waals surface area (Å²) in [6, 6.07) is 41.5. The third-order valence-electron chi connectivity index (χ3n) is 9.33. The van der Waals surface area contributed by atoms with E-state index in [0.29, 0.717) is 0 Å². The first-order chi connectivity index (χ1) is 23.0. The van der Waals surface area contributed by atoms with Crippen molar-refractivity contribution in [2.24, 2.45) is 0 Å². The van der Waals surface area contributed by atoms with Crippen molar-refractivity contribution >= 4 is 27.8 Å². The van der Waals surface area contributed by atoms with E-state index in [0.717, 1.165) is 38.8 Å². The van der Waals surface area contributed by atoms with Crippen LogP contribution >= 0.6 is 0 Å². The van der Waals surface area contributed by atoms with E-state index >= 15 is 0 Å². The second kappa shape index (κ2) is 13.2. The standard InChI is InChI=1S/C33H28N.C11H9NO2.Ir/c1-20-9-8-10-23(14-20)26-18-31(24-15-21(2)13-22(3)16-24)34-32-19-30-27(17-28(26)32)25-11-6-7-12-29(25)33(30,4)5;1-7-2-4-9-8(6-7)3-5-10(12-9)11(13)14;/h6-15,17-19H,1-5H3;2-6H,1H3,(H,13,14);/q-1;;. The maximum Gasteiger partial charge on any atom is 0.354 e. The number of hydrogen-bond acceptors (Lipinski definition) is 3. The molecular formula is C44H37IrN2O2-. The second-order valence-electron chi connectivity index (χ2n) is 13.5.